The summed E-state index contributed by atoms with van der Waals surface area (Å²) < 4.78 is 0. The van der Waals surface area contributed by atoms with Crippen molar-refractivity contribution in [1.82, 2.24) is 16.0 Å². The molecular weight excluding hydrogens is 394 g/mol. The molecule has 1 heterocycles. The normalized spacial score (nSPS) is 43.0. The second kappa shape index (κ2) is 7.46. The van der Waals surface area contributed by atoms with E-state index in [-0.39, 0.29) is 34.1 Å². The summed E-state index contributed by atoms with van der Waals surface area (Å²) in [7, 11) is 0. The van der Waals surface area contributed by atoms with Gasteiger partial charge in [0.2, 0.25) is 11.8 Å². The molecule has 2 amide bonds. The first kappa shape index (κ1) is 22.0. The first-order valence-electron chi connectivity index (χ1n) is 11.9. The number of amides is 2. The highest BCUT2D eigenvalue weighted by atomic mass is 32.1. The standard InChI is InChI=1S/C24H39N3O2S/c1-22(2,3)27-21(30)26-20(29)17-8-7-15-14-6-9-18-24(5,13-11-19(28)25-18)16(14)10-12-23(15,17)4/h14-18H,6-13H2,1-5H3,(H,25,28)(H2,26,27,29,30)/t14-,15-,16+,17?,18?,23-,24+/m0/s1. The molecule has 3 saturated carbocycles. The van der Waals surface area contributed by atoms with E-state index >= 15 is 0 Å². The summed E-state index contributed by atoms with van der Waals surface area (Å²) in [6.45, 7) is 10.9. The average molecular weight is 434 g/mol. The van der Waals surface area contributed by atoms with E-state index in [4.69, 9.17) is 12.2 Å². The maximum Gasteiger partial charge on any atom is 0.229 e. The quantitative estimate of drug-likeness (QED) is 0.548. The maximum atomic E-state index is 13.2. The molecule has 5 nitrogen and oxygen atoms in total. The van der Waals surface area contributed by atoms with Crippen LogP contribution in [0.15, 0.2) is 0 Å². The molecule has 0 radical (unpaired) electrons. The van der Waals surface area contributed by atoms with Crippen molar-refractivity contribution in [2.75, 3.05) is 0 Å². The van der Waals surface area contributed by atoms with Crippen LogP contribution >= 0.6 is 12.2 Å². The fraction of sp³-hybridized carbons (Fsp3) is 0.875. The number of thiocarbonyl (C=S) groups is 1. The lowest BCUT2D eigenvalue weighted by atomic mass is 9.47. The Morgan fingerprint density at radius 3 is 2.43 bits per heavy atom. The Labute approximate surface area is 186 Å². The Hall–Kier alpha value is -1.17. The van der Waals surface area contributed by atoms with Crippen molar-refractivity contribution >= 4 is 29.1 Å². The molecule has 168 valence electrons. The van der Waals surface area contributed by atoms with E-state index in [2.05, 4.69) is 29.8 Å². The van der Waals surface area contributed by atoms with E-state index in [1.54, 1.807) is 0 Å². The van der Waals surface area contributed by atoms with Gasteiger partial charge in [-0.3, -0.25) is 9.59 Å². The lowest BCUT2D eigenvalue weighted by Gasteiger charge is -2.60. The summed E-state index contributed by atoms with van der Waals surface area (Å²) in [6.07, 6.45) is 8.34. The molecule has 2 unspecified atom stereocenters. The molecule has 1 aliphatic heterocycles. The zero-order valence-electron chi connectivity index (χ0n) is 19.3. The van der Waals surface area contributed by atoms with Crippen molar-refractivity contribution in [2.24, 2.45) is 34.5 Å². The number of hydrogen-bond acceptors (Lipinski definition) is 3. The van der Waals surface area contributed by atoms with Crippen molar-refractivity contribution in [3.63, 3.8) is 0 Å². The average Bonchev–Trinajstić information content (AvgIpc) is 2.98. The van der Waals surface area contributed by atoms with Gasteiger partial charge in [0.15, 0.2) is 5.11 Å². The Balaban J connectivity index is 1.48. The third-order valence-corrected chi connectivity index (χ3v) is 9.34. The smallest absolute Gasteiger partial charge is 0.229 e. The Kier molecular flexibility index (Phi) is 5.48. The van der Waals surface area contributed by atoms with Crippen LogP contribution in [-0.2, 0) is 9.59 Å². The summed E-state index contributed by atoms with van der Waals surface area (Å²) in [5.41, 5.74) is 0.119. The predicted molar refractivity (Wildman–Crippen MR) is 123 cm³/mol. The van der Waals surface area contributed by atoms with Gasteiger partial charge in [-0.05, 0) is 107 Å². The molecule has 0 aromatic heterocycles. The van der Waals surface area contributed by atoms with Gasteiger partial charge < -0.3 is 16.0 Å². The van der Waals surface area contributed by atoms with Gasteiger partial charge in [0, 0.05) is 23.9 Å². The number of carbonyl (C=O) groups excluding carboxylic acids is 2. The van der Waals surface area contributed by atoms with Crippen LogP contribution in [0.1, 0.15) is 86.0 Å². The highest BCUT2D eigenvalue weighted by molar-refractivity contribution is 7.80. The molecule has 0 aromatic rings. The van der Waals surface area contributed by atoms with Crippen molar-refractivity contribution in [1.29, 1.82) is 0 Å². The zero-order valence-corrected chi connectivity index (χ0v) is 20.1. The highest BCUT2D eigenvalue weighted by Gasteiger charge is 2.61. The first-order chi connectivity index (χ1) is 13.9. The van der Waals surface area contributed by atoms with Gasteiger partial charge in [-0.25, -0.2) is 0 Å². The molecule has 7 atom stereocenters. The molecule has 3 aliphatic carbocycles. The number of fused-ring (bicyclic) bond motifs is 5. The molecule has 30 heavy (non-hydrogen) atoms. The van der Waals surface area contributed by atoms with Crippen LogP contribution in [0, 0.1) is 34.5 Å². The van der Waals surface area contributed by atoms with Crippen LogP contribution in [0.25, 0.3) is 0 Å². The third-order valence-electron chi connectivity index (χ3n) is 9.14. The fourth-order valence-corrected chi connectivity index (χ4v) is 8.11. The van der Waals surface area contributed by atoms with Gasteiger partial charge >= 0.3 is 0 Å². The molecule has 4 aliphatic rings. The van der Waals surface area contributed by atoms with E-state index in [1.807, 2.05) is 20.8 Å². The fourth-order valence-electron chi connectivity index (χ4n) is 7.70. The lowest BCUT2D eigenvalue weighted by molar-refractivity contribution is -0.141. The third kappa shape index (κ3) is 3.67. The van der Waals surface area contributed by atoms with Gasteiger partial charge in [0.25, 0.3) is 0 Å². The monoisotopic (exact) mass is 433 g/mol. The van der Waals surface area contributed by atoms with Crippen LogP contribution < -0.4 is 16.0 Å². The number of carbonyl (C=O) groups is 2. The summed E-state index contributed by atoms with van der Waals surface area (Å²) >= 11 is 5.40. The summed E-state index contributed by atoms with van der Waals surface area (Å²) in [5, 5.41) is 9.96. The molecule has 0 spiro atoms. The number of piperidine rings is 1. The molecule has 0 bridgehead atoms. The van der Waals surface area contributed by atoms with Crippen molar-refractivity contribution in [3.05, 3.63) is 0 Å². The molecule has 3 N–H and O–H groups in total. The summed E-state index contributed by atoms with van der Waals surface area (Å²) in [4.78, 5) is 25.2. The number of nitrogens with one attached hydrogen (secondary N) is 3. The number of hydrogen-bond donors (Lipinski definition) is 3. The van der Waals surface area contributed by atoms with Gasteiger partial charge in [0.05, 0.1) is 0 Å². The Bertz CT molecular complexity index is 747. The van der Waals surface area contributed by atoms with Gasteiger partial charge in [-0.1, -0.05) is 13.8 Å². The SMILES string of the molecule is CC(C)(C)NC(=S)NC(=O)C1CC[C@H]2[C@@H]3CCC4NC(=O)CC[C@]4(C)[C@@H]3CC[C@]12C. The molecule has 1 saturated heterocycles. The minimum Gasteiger partial charge on any atom is -0.358 e. The van der Waals surface area contributed by atoms with Crippen LogP contribution in [0.2, 0.25) is 0 Å². The zero-order chi connectivity index (χ0) is 21.9. The Morgan fingerprint density at radius 1 is 1.03 bits per heavy atom. The van der Waals surface area contributed by atoms with Gasteiger partial charge in [-0.2, -0.15) is 0 Å². The van der Waals surface area contributed by atoms with Crippen LogP contribution in [0.4, 0.5) is 0 Å². The molecule has 6 heteroatoms. The van der Waals surface area contributed by atoms with Crippen molar-refractivity contribution < 1.29 is 9.59 Å². The molecule has 4 fully saturated rings. The predicted octanol–water partition coefficient (Wildman–Crippen LogP) is 3.91. The van der Waals surface area contributed by atoms with Crippen LogP contribution in [-0.4, -0.2) is 28.5 Å². The second-order valence-corrected chi connectivity index (χ2v) is 12.4. The molecule has 0 aromatic carbocycles. The summed E-state index contributed by atoms with van der Waals surface area (Å²) in [5.74, 6) is 2.32. The van der Waals surface area contributed by atoms with Crippen molar-refractivity contribution in [2.45, 2.75) is 97.6 Å². The largest absolute Gasteiger partial charge is 0.358 e. The van der Waals surface area contributed by atoms with Crippen molar-refractivity contribution in [3.8, 4) is 0 Å². The summed E-state index contributed by atoms with van der Waals surface area (Å²) in [6, 6.07) is 0.339. The number of rotatable bonds is 1. The van der Waals surface area contributed by atoms with Gasteiger partial charge in [-0.15, -0.1) is 0 Å². The van der Waals surface area contributed by atoms with E-state index in [9.17, 15) is 9.59 Å². The van der Waals surface area contributed by atoms with Gasteiger partial charge in [0.1, 0.15) is 0 Å². The molecule has 4 rings (SSSR count). The van der Waals surface area contributed by atoms with E-state index in [0.717, 1.165) is 32.1 Å². The van der Waals surface area contributed by atoms with E-state index in [0.29, 0.717) is 35.3 Å². The molecular formula is C24H39N3O2S. The minimum absolute atomic E-state index is 0.0414. The lowest BCUT2D eigenvalue weighted by Crippen LogP contribution is -2.61. The van der Waals surface area contributed by atoms with E-state index in [1.165, 1.54) is 12.8 Å². The minimum atomic E-state index is -0.159. The second-order valence-electron chi connectivity index (χ2n) is 11.9. The highest BCUT2D eigenvalue weighted by Crippen LogP contribution is 2.65. The Morgan fingerprint density at radius 2 is 1.73 bits per heavy atom. The first-order valence-corrected chi connectivity index (χ1v) is 12.3. The van der Waals surface area contributed by atoms with Crippen LogP contribution in [0.3, 0.4) is 0 Å². The topological polar surface area (TPSA) is 70.2 Å². The van der Waals surface area contributed by atoms with E-state index < -0.39 is 0 Å². The maximum absolute atomic E-state index is 13.2. The van der Waals surface area contributed by atoms with Crippen LogP contribution in [0.5, 0.6) is 0 Å².